The van der Waals surface area contributed by atoms with Crippen molar-refractivity contribution < 1.29 is 9.53 Å². The summed E-state index contributed by atoms with van der Waals surface area (Å²) in [5.41, 5.74) is 1.15. The number of rotatable bonds is 7. The molecular formula is C20H28N4O2S. The summed E-state index contributed by atoms with van der Waals surface area (Å²) >= 11 is 1.42. The van der Waals surface area contributed by atoms with Crippen molar-refractivity contribution >= 4 is 17.7 Å². The summed E-state index contributed by atoms with van der Waals surface area (Å²) in [6.45, 7) is 2.38. The zero-order chi connectivity index (χ0) is 19.1. The molecule has 1 aliphatic rings. The van der Waals surface area contributed by atoms with E-state index in [1.54, 1.807) is 0 Å². The highest BCUT2D eigenvalue weighted by Gasteiger charge is 2.16. The maximum absolute atomic E-state index is 12.2. The minimum absolute atomic E-state index is 0.0764. The molecule has 1 N–H and O–H groups in total. The minimum atomic E-state index is 0.0764. The SMILES string of the molecule is Cc1cccc(OCc2nnc(SCC(=O)NC3CCCCCC3)n2C)c1. The molecule has 6 nitrogen and oxygen atoms in total. The molecule has 0 spiro atoms. The summed E-state index contributed by atoms with van der Waals surface area (Å²) in [6.07, 6.45) is 7.19. The summed E-state index contributed by atoms with van der Waals surface area (Å²) in [5.74, 6) is 1.99. The molecule has 1 amide bonds. The van der Waals surface area contributed by atoms with Crippen LogP contribution in [0.5, 0.6) is 5.75 Å². The van der Waals surface area contributed by atoms with Gasteiger partial charge in [0, 0.05) is 13.1 Å². The largest absolute Gasteiger partial charge is 0.486 e. The molecule has 146 valence electrons. The Hall–Kier alpha value is -2.02. The van der Waals surface area contributed by atoms with E-state index in [1.807, 2.05) is 42.8 Å². The van der Waals surface area contributed by atoms with Crippen molar-refractivity contribution in [1.82, 2.24) is 20.1 Å². The fourth-order valence-corrected chi connectivity index (χ4v) is 4.01. The van der Waals surface area contributed by atoms with Crippen LogP contribution in [0, 0.1) is 6.92 Å². The van der Waals surface area contributed by atoms with Crippen molar-refractivity contribution in [2.24, 2.45) is 7.05 Å². The molecule has 1 heterocycles. The molecule has 0 unspecified atom stereocenters. The fraction of sp³-hybridized carbons (Fsp3) is 0.550. The van der Waals surface area contributed by atoms with Gasteiger partial charge in [0.05, 0.1) is 5.75 Å². The van der Waals surface area contributed by atoms with E-state index in [1.165, 1.54) is 37.4 Å². The number of aromatic nitrogens is 3. The van der Waals surface area contributed by atoms with Gasteiger partial charge < -0.3 is 14.6 Å². The first-order valence-electron chi connectivity index (χ1n) is 9.62. The molecule has 3 rings (SSSR count). The molecule has 1 aromatic carbocycles. The van der Waals surface area contributed by atoms with E-state index in [9.17, 15) is 4.79 Å². The number of carbonyl (C=O) groups is 1. The Labute approximate surface area is 165 Å². The van der Waals surface area contributed by atoms with Gasteiger partial charge in [-0.05, 0) is 37.5 Å². The summed E-state index contributed by atoms with van der Waals surface area (Å²) in [4.78, 5) is 12.2. The Morgan fingerprint density at radius 2 is 2.04 bits per heavy atom. The zero-order valence-corrected chi connectivity index (χ0v) is 16.9. The summed E-state index contributed by atoms with van der Waals surface area (Å²) < 4.78 is 7.68. The van der Waals surface area contributed by atoms with Crippen LogP contribution in [0.4, 0.5) is 0 Å². The first-order chi connectivity index (χ1) is 13.1. The number of carbonyl (C=O) groups excluding carboxylic acids is 1. The predicted octanol–water partition coefficient (Wildman–Crippen LogP) is 3.63. The van der Waals surface area contributed by atoms with Crippen molar-refractivity contribution in [3.05, 3.63) is 35.7 Å². The molecule has 0 bridgehead atoms. The van der Waals surface area contributed by atoms with E-state index in [2.05, 4.69) is 15.5 Å². The van der Waals surface area contributed by atoms with Crippen LogP contribution in [0.25, 0.3) is 0 Å². The minimum Gasteiger partial charge on any atom is -0.486 e. The third-order valence-electron chi connectivity index (χ3n) is 4.84. The Balaban J connectivity index is 1.47. The lowest BCUT2D eigenvalue weighted by atomic mass is 10.1. The van der Waals surface area contributed by atoms with E-state index in [-0.39, 0.29) is 5.91 Å². The number of thioether (sulfide) groups is 1. The molecule has 2 aromatic rings. The normalized spacial score (nSPS) is 15.3. The number of nitrogens with one attached hydrogen (secondary N) is 1. The Morgan fingerprint density at radius 3 is 2.78 bits per heavy atom. The van der Waals surface area contributed by atoms with Gasteiger partial charge in [0.25, 0.3) is 0 Å². The monoisotopic (exact) mass is 388 g/mol. The quantitative estimate of drug-likeness (QED) is 0.579. The number of benzene rings is 1. The summed E-state index contributed by atoms with van der Waals surface area (Å²) in [6, 6.07) is 8.25. The van der Waals surface area contributed by atoms with Gasteiger partial charge in [0.15, 0.2) is 11.0 Å². The van der Waals surface area contributed by atoms with Crippen LogP contribution in [0.3, 0.4) is 0 Å². The van der Waals surface area contributed by atoms with Crippen LogP contribution in [0.2, 0.25) is 0 Å². The van der Waals surface area contributed by atoms with Gasteiger partial charge in [-0.1, -0.05) is 49.6 Å². The van der Waals surface area contributed by atoms with Crippen molar-refractivity contribution in [3.63, 3.8) is 0 Å². The Morgan fingerprint density at radius 1 is 1.26 bits per heavy atom. The number of amides is 1. The molecule has 0 atom stereocenters. The average molecular weight is 389 g/mol. The van der Waals surface area contributed by atoms with Crippen molar-refractivity contribution in [3.8, 4) is 5.75 Å². The lowest BCUT2D eigenvalue weighted by Crippen LogP contribution is -2.35. The van der Waals surface area contributed by atoms with E-state index >= 15 is 0 Å². The molecular weight excluding hydrogens is 360 g/mol. The molecule has 27 heavy (non-hydrogen) atoms. The lowest BCUT2D eigenvalue weighted by molar-refractivity contribution is -0.119. The maximum atomic E-state index is 12.2. The Kier molecular flexibility index (Phi) is 7.15. The molecule has 1 aliphatic carbocycles. The molecule has 1 fully saturated rings. The van der Waals surface area contributed by atoms with Crippen molar-refractivity contribution in [2.45, 2.75) is 63.3 Å². The third kappa shape index (κ3) is 5.99. The number of nitrogens with zero attached hydrogens (tertiary/aromatic N) is 3. The van der Waals surface area contributed by atoms with Gasteiger partial charge in [-0.2, -0.15) is 0 Å². The standard InChI is InChI=1S/C20H28N4O2S/c1-15-8-7-11-17(12-15)26-13-18-22-23-20(24(18)2)27-14-19(25)21-16-9-5-3-4-6-10-16/h7-8,11-12,16H,3-6,9-10,13-14H2,1-2H3,(H,21,25). The number of hydrogen-bond donors (Lipinski definition) is 1. The molecule has 0 aliphatic heterocycles. The van der Waals surface area contributed by atoms with Crippen LogP contribution >= 0.6 is 11.8 Å². The van der Waals surface area contributed by atoms with Gasteiger partial charge in [0.1, 0.15) is 12.4 Å². The third-order valence-corrected chi connectivity index (χ3v) is 5.86. The van der Waals surface area contributed by atoms with Gasteiger partial charge in [0.2, 0.25) is 5.91 Å². The smallest absolute Gasteiger partial charge is 0.230 e. The van der Waals surface area contributed by atoms with E-state index < -0.39 is 0 Å². The highest BCUT2D eigenvalue weighted by molar-refractivity contribution is 7.99. The maximum Gasteiger partial charge on any atom is 0.230 e. The van der Waals surface area contributed by atoms with Gasteiger partial charge >= 0.3 is 0 Å². The summed E-state index contributed by atoms with van der Waals surface area (Å²) in [7, 11) is 1.90. The van der Waals surface area contributed by atoms with Crippen LogP contribution < -0.4 is 10.1 Å². The first-order valence-corrected chi connectivity index (χ1v) is 10.6. The summed E-state index contributed by atoms with van der Waals surface area (Å²) in [5, 5.41) is 12.3. The highest BCUT2D eigenvalue weighted by atomic mass is 32.2. The number of ether oxygens (including phenoxy) is 1. The van der Waals surface area contributed by atoms with Gasteiger partial charge in [-0.25, -0.2) is 0 Å². The second-order valence-electron chi connectivity index (χ2n) is 7.11. The topological polar surface area (TPSA) is 69.0 Å². The van der Waals surface area contributed by atoms with Crippen LogP contribution in [-0.4, -0.2) is 32.5 Å². The zero-order valence-electron chi connectivity index (χ0n) is 16.1. The van der Waals surface area contributed by atoms with Crippen LogP contribution in [0.1, 0.15) is 49.9 Å². The molecule has 0 radical (unpaired) electrons. The molecule has 0 saturated heterocycles. The fourth-order valence-electron chi connectivity index (χ4n) is 3.27. The predicted molar refractivity (Wildman–Crippen MR) is 107 cm³/mol. The van der Waals surface area contributed by atoms with Gasteiger partial charge in [-0.15, -0.1) is 10.2 Å². The van der Waals surface area contributed by atoms with Gasteiger partial charge in [-0.3, -0.25) is 4.79 Å². The number of aryl methyl sites for hydroxylation is 1. The number of hydrogen-bond acceptors (Lipinski definition) is 5. The highest BCUT2D eigenvalue weighted by Crippen LogP contribution is 2.20. The molecule has 7 heteroatoms. The van der Waals surface area contributed by atoms with Crippen LogP contribution in [-0.2, 0) is 18.4 Å². The Bertz CT molecular complexity index is 754. The van der Waals surface area contributed by atoms with E-state index in [0.717, 1.165) is 35.1 Å². The van der Waals surface area contributed by atoms with Crippen LogP contribution in [0.15, 0.2) is 29.4 Å². The van der Waals surface area contributed by atoms with E-state index in [0.29, 0.717) is 18.4 Å². The molecule has 1 aromatic heterocycles. The van der Waals surface area contributed by atoms with Crippen molar-refractivity contribution in [1.29, 1.82) is 0 Å². The average Bonchev–Trinajstić information content (AvgIpc) is 2.83. The second-order valence-corrected chi connectivity index (χ2v) is 8.05. The first kappa shape index (κ1) is 19.7. The van der Waals surface area contributed by atoms with E-state index in [4.69, 9.17) is 4.74 Å². The lowest BCUT2D eigenvalue weighted by Gasteiger charge is -2.15. The molecule has 1 saturated carbocycles. The second kappa shape index (κ2) is 9.78. The van der Waals surface area contributed by atoms with Crippen molar-refractivity contribution in [2.75, 3.05) is 5.75 Å².